The molecule has 0 bridgehead atoms. The monoisotopic (exact) mass is 220 g/mol. The summed E-state index contributed by atoms with van der Waals surface area (Å²) in [6.45, 7) is 1.20. The number of nitrogens with zero attached hydrogens (tertiary/aromatic N) is 2. The molecule has 2 rings (SSSR count). The Morgan fingerprint density at radius 3 is 2.75 bits per heavy atom. The van der Waals surface area contributed by atoms with Crippen LogP contribution < -0.4 is 4.90 Å². The largest absolute Gasteiger partial charge is 0.479 e. The van der Waals surface area contributed by atoms with E-state index in [-0.39, 0.29) is 11.4 Å². The number of hydrogen-bond donors (Lipinski definition) is 1. The van der Waals surface area contributed by atoms with Crippen molar-refractivity contribution < 1.29 is 19.5 Å². The summed E-state index contributed by atoms with van der Waals surface area (Å²) in [5.41, 5.74) is 0.171. The van der Waals surface area contributed by atoms with Gasteiger partial charge in [-0.25, -0.2) is 9.78 Å². The molecule has 0 saturated carbocycles. The van der Waals surface area contributed by atoms with Gasteiger partial charge in [0.1, 0.15) is 5.82 Å². The summed E-state index contributed by atoms with van der Waals surface area (Å²) in [6, 6.07) is 1.51. The molecule has 16 heavy (non-hydrogen) atoms. The van der Waals surface area contributed by atoms with Gasteiger partial charge < -0.3 is 5.11 Å². The number of pyridine rings is 1. The Labute approximate surface area is 90.5 Å². The Hall–Kier alpha value is -2.24. The van der Waals surface area contributed by atoms with E-state index < -0.39 is 23.7 Å². The maximum Gasteiger partial charge on any atom is 0.335 e. The number of rotatable bonds is 1. The third kappa shape index (κ3) is 1.27. The second-order valence-electron chi connectivity index (χ2n) is 3.37. The Morgan fingerprint density at radius 1 is 1.50 bits per heavy atom. The number of carbonyl (C=O) groups is 3. The number of amides is 1. The fraction of sp³-hybridized carbons (Fsp3) is 0.200. The third-order valence-electron chi connectivity index (χ3n) is 2.36. The fourth-order valence-electron chi connectivity index (χ4n) is 1.72. The van der Waals surface area contributed by atoms with Gasteiger partial charge in [0, 0.05) is 13.1 Å². The quantitative estimate of drug-likeness (QED) is 0.677. The molecule has 0 unspecified atom stereocenters. The van der Waals surface area contributed by atoms with Crippen molar-refractivity contribution in [3.8, 4) is 0 Å². The topological polar surface area (TPSA) is 87.6 Å². The summed E-state index contributed by atoms with van der Waals surface area (Å²) in [5.74, 6) is -2.35. The lowest BCUT2D eigenvalue weighted by atomic mass is 10.1. The predicted molar refractivity (Wildman–Crippen MR) is 53.2 cm³/mol. The molecule has 82 valence electrons. The molecule has 1 amide bonds. The van der Waals surface area contributed by atoms with Crippen LogP contribution in [0, 0.1) is 0 Å². The summed E-state index contributed by atoms with van der Waals surface area (Å²) in [6.07, 6.45) is 1.41. The Balaban J connectivity index is 2.60. The van der Waals surface area contributed by atoms with Crippen LogP contribution in [0.2, 0.25) is 0 Å². The van der Waals surface area contributed by atoms with Gasteiger partial charge in [0.05, 0.1) is 5.56 Å². The number of carbonyl (C=O) groups excluding carboxylic acids is 2. The van der Waals surface area contributed by atoms with Gasteiger partial charge in [-0.2, -0.15) is 0 Å². The van der Waals surface area contributed by atoms with Crippen LogP contribution in [0.5, 0.6) is 0 Å². The molecule has 0 spiro atoms. The standard InChI is InChI=1S/C10H8N2O4/c1-5(13)12-7(10(15)16)8(14)6-3-2-4-11-9(6)12/h2-4,7H,1H3,(H,15,16)/t7-/m1/s1. The molecule has 2 heterocycles. The molecule has 0 radical (unpaired) electrons. The molecule has 0 saturated heterocycles. The zero-order valence-corrected chi connectivity index (χ0v) is 8.38. The molecule has 1 atom stereocenters. The van der Waals surface area contributed by atoms with Crippen LogP contribution in [0.4, 0.5) is 5.82 Å². The van der Waals surface area contributed by atoms with Crippen LogP contribution in [-0.2, 0) is 9.59 Å². The van der Waals surface area contributed by atoms with Crippen LogP contribution in [-0.4, -0.2) is 33.8 Å². The number of carboxylic acid groups (broad SMARTS) is 1. The first-order valence-corrected chi connectivity index (χ1v) is 4.56. The first-order valence-electron chi connectivity index (χ1n) is 4.56. The predicted octanol–water partition coefficient (Wildman–Crippen LogP) is 0.0840. The second-order valence-corrected chi connectivity index (χ2v) is 3.37. The van der Waals surface area contributed by atoms with Crippen LogP contribution in [0.3, 0.4) is 0 Å². The van der Waals surface area contributed by atoms with E-state index >= 15 is 0 Å². The van der Waals surface area contributed by atoms with Crippen LogP contribution in [0.1, 0.15) is 17.3 Å². The number of ketones is 1. The number of fused-ring (bicyclic) bond motifs is 1. The number of aromatic nitrogens is 1. The summed E-state index contributed by atoms with van der Waals surface area (Å²) < 4.78 is 0. The number of aliphatic carboxylic acids is 1. The van der Waals surface area contributed by atoms with E-state index in [9.17, 15) is 14.4 Å². The van der Waals surface area contributed by atoms with Gasteiger partial charge in [-0.15, -0.1) is 0 Å². The highest BCUT2D eigenvalue weighted by Gasteiger charge is 2.45. The number of anilines is 1. The summed E-state index contributed by atoms with van der Waals surface area (Å²) in [7, 11) is 0. The van der Waals surface area contributed by atoms with E-state index in [1.54, 1.807) is 0 Å². The van der Waals surface area contributed by atoms with E-state index in [1.807, 2.05) is 0 Å². The molecule has 6 heteroatoms. The fourth-order valence-corrected chi connectivity index (χ4v) is 1.72. The molecular weight excluding hydrogens is 212 g/mol. The molecular formula is C10H8N2O4. The summed E-state index contributed by atoms with van der Waals surface area (Å²) in [5, 5.41) is 8.93. The van der Waals surface area contributed by atoms with Crippen molar-refractivity contribution in [1.82, 2.24) is 4.98 Å². The Kier molecular flexibility index (Phi) is 2.19. The molecule has 1 aliphatic heterocycles. The van der Waals surface area contributed by atoms with Gasteiger partial charge in [-0.05, 0) is 12.1 Å². The minimum Gasteiger partial charge on any atom is -0.479 e. The average Bonchev–Trinajstić information content (AvgIpc) is 2.53. The van der Waals surface area contributed by atoms with Crippen molar-refractivity contribution in [1.29, 1.82) is 0 Å². The molecule has 6 nitrogen and oxygen atoms in total. The van der Waals surface area contributed by atoms with Gasteiger partial charge in [-0.1, -0.05) is 0 Å². The van der Waals surface area contributed by atoms with Crippen molar-refractivity contribution in [3.63, 3.8) is 0 Å². The van der Waals surface area contributed by atoms with Crippen LogP contribution >= 0.6 is 0 Å². The highest BCUT2D eigenvalue weighted by Crippen LogP contribution is 2.29. The van der Waals surface area contributed by atoms with Crippen molar-refractivity contribution in [2.75, 3.05) is 4.90 Å². The van der Waals surface area contributed by atoms with Crippen LogP contribution in [0.25, 0.3) is 0 Å². The van der Waals surface area contributed by atoms with Gasteiger partial charge in [0.15, 0.2) is 6.04 Å². The van der Waals surface area contributed by atoms with Gasteiger partial charge >= 0.3 is 5.97 Å². The first-order chi connectivity index (χ1) is 7.54. The lowest BCUT2D eigenvalue weighted by Crippen LogP contribution is -2.44. The van der Waals surface area contributed by atoms with Crippen molar-refractivity contribution in [2.45, 2.75) is 13.0 Å². The highest BCUT2D eigenvalue weighted by molar-refractivity contribution is 6.24. The van der Waals surface area contributed by atoms with Gasteiger partial charge in [0.2, 0.25) is 11.7 Å². The van der Waals surface area contributed by atoms with Gasteiger partial charge in [-0.3, -0.25) is 14.5 Å². The number of Topliss-reactive ketones (excluding diaryl/α,β-unsaturated/α-hetero) is 1. The van der Waals surface area contributed by atoms with Gasteiger partial charge in [0.25, 0.3) is 0 Å². The van der Waals surface area contributed by atoms with Crippen LogP contribution in [0.15, 0.2) is 18.3 Å². The zero-order chi connectivity index (χ0) is 11.9. The minimum atomic E-state index is -1.48. The minimum absolute atomic E-state index is 0.118. The van der Waals surface area contributed by atoms with E-state index in [0.29, 0.717) is 0 Å². The van der Waals surface area contributed by atoms with Crippen molar-refractivity contribution >= 4 is 23.5 Å². The molecule has 1 N–H and O–H groups in total. The lowest BCUT2D eigenvalue weighted by Gasteiger charge is -2.17. The summed E-state index contributed by atoms with van der Waals surface area (Å²) in [4.78, 5) is 38.8. The molecule has 1 aliphatic rings. The SMILES string of the molecule is CC(=O)N1c2ncccc2C(=O)[C@@H]1C(=O)O. The van der Waals surface area contributed by atoms with E-state index in [0.717, 1.165) is 4.90 Å². The van der Waals surface area contributed by atoms with Crippen molar-refractivity contribution in [3.05, 3.63) is 23.9 Å². The maximum atomic E-state index is 11.7. The molecule has 1 aromatic heterocycles. The molecule has 0 aromatic carbocycles. The van der Waals surface area contributed by atoms with E-state index in [4.69, 9.17) is 5.11 Å². The van der Waals surface area contributed by atoms with Crippen molar-refractivity contribution in [2.24, 2.45) is 0 Å². The normalized spacial score (nSPS) is 18.4. The van der Waals surface area contributed by atoms with E-state index in [2.05, 4.69) is 4.98 Å². The molecule has 0 aliphatic carbocycles. The lowest BCUT2D eigenvalue weighted by molar-refractivity contribution is -0.138. The second kappa shape index (κ2) is 3.41. The Bertz CT molecular complexity index is 497. The third-order valence-corrected chi connectivity index (χ3v) is 2.36. The zero-order valence-electron chi connectivity index (χ0n) is 8.38. The molecule has 0 fully saturated rings. The number of carboxylic acids is 1. The number of hydrogen-bond acceptors (Lipinski definition) is 4. The Morgan fingerprint density at radius 2 is 2.19 bits per heavy atom. The molecule has 1 aromatic rings. The summed E-state index contributed by atoms with van der Waals surface area (Å²) >= 11 is 0. The highest BCUT2D eigenvalue weighted by atomic mass is 16.4. The smallest absolute Gasteiger partial charge is 0.335 e. The first kappa shape index (κ1) is 10.3. The average molecular weight is 220 g/mol. The maximum absolute atomic E-state index is 11.7. The van der Waals surface area contributed by atoms with E-state index in [1.165, 1.54) is 25.3 Å².